The molecule has 0 spiro atoms. The number of fused-ring (bicyclic) bond motifs is 3. The van der Waals surface area contributed by atoms with E-state index >= 15 is 0 Å². The molecule has 6 heteroatoms. The first-order valence-corrected chi connectivity index (χ1v) is 9.67. The number of aromatic nitrogens is 1. The number of hydrogen-bond donors (Lipinski definition) is 1. The predicted octanol–water partition coefficient (Wildman–Crippen LogP) is 6.08. The highest BCUT2D eigenvalue weighted by molar-refractivity contribution is 6.18. The number of carbonyl (C=O) groups excluding carboxylic acids is 1. The summed E-state index contributed by atoms with van der Waals surface area (Å²) in [4.78, 5) is 12.0. The van der Waals surface area contributed by atoms with Crippen molar-refractivity contribution in [2.24, 2.45) is 5.73 Å². The summed E-state index contributed by atoms with van der Waals surface area (Å²) in [6.45, 7) is 4.40. The third-order valence-electron chi connectivity index (χ3n) is 5.44. The van der Waals surface area contributed by atoms with E-state index < -0.39 is 17.6 Å². The highest BCUT2D eigenvalue weighted by Crippen LogP contribution is 2.35. The third kappa shape index (κ3) is 3.43. The van der Waals surface area contributed by atoms with Crippen LogP contribution in [0.5, 0.6) is 0 Å². The Labute approximate surface area is 171 Å². The molecule has 0 atom stereocenters. The molecule has 3 nitrogen and oxygen atoms in total. The second kappa shape index (κ2) is 7.20. The second-order valence-corrected chi connectivity index (χ2v) is 7.78. The van der Waals surface area contributed by atoms with Crippen molar-refractivity contribution in [3.63, 3.8) is 0 Å². The maximum Gasteiger partial charge on any atom is 0.416 e. The van der Waals surface area contributed by atoms with Crippen molar-refractivity contribution >= 4 is 27.7 Å². The maximum atomic E-state index is 13.2. The van der Waals surface area contributed by atoms with Crippen molar-refractivity contribution in [1.82, 2.24) is 4.57 Å². The zero-order chi connectivity index (χ0) is 21.6. The smallest absolute Gasteiger partial charge is 0.366 e. The van der Waals surface area contributed by atoms with Crippen LogP contribution in [-0.4, -0.2) is 10.5 Å². The molecule has 3 aromatic carbocycles. The number of carbonyl (C=O) groups is 1. The highest BCUT2D eigenvalue weighted by Gasteiger charge is 2.30. The van der Waals surface area contributed by atoms with Crippen LogP contribution in [0, 0.1) is 0 Å². The van der Waals surface area contributed by atoms with Crippen molar-refractivity contribution in [3.8, 4) is 0 Å². The largest absolute Gasteiger partial charge is 0.416 e. The molecule has 1 aromatic heterocycles. The standard InChI is InChI=1S/C24H21F3N2O/c1-14(2)16-9-10-18-21(12-16)29(20-8-4-7-19(22(18)20)23(28)30)13-15-5-3-6-17(11-15)24(25,26)27/h3-12,14H,13H2,1-2H3,(H2,28,30). The Morgan fingerprint density at radius 2 is 1.73 bits per heavy atom. The number of rotatable bonds is 4. The minimum atomic E-state index is -4.40. The lowest BCUT2D eigenvalue weighted by atomic mass is 10.00. The zero-order valence-corrected chi connectivity index (χ0v) is 16.6. The first-order valence-electron chi connectivity index (χ1n) is 9.67. The molecule has 30 heavy (non-hydrogen) atoms. The molecular weight excluding hydrogens is 389 g/mol. The van der Waals surface area contributed by atoms with Gasteiger partial charge in [-0.3, -0.25) is 4.79 Å². The number of halogens is 3. The summed E-state index contributed by atoms with van der Waals surface area (Å²) in [5, 5.41) is 1.58. The van der Waals surface area contributed by atoms with Gasteiger partial charge in [-0.2, -0.15) is 13.2 Å². The van der Waals surface area contributed by atoms with Gasteiger partial charge >= 0.3 is 6.18 Å². The quantitative estimate of drug-likeness (QED) is 0.435. The summed E-state index contributed by atoms with van der Waals surface area (Å²) in [6, 6.07) is 16.6. The van der Waals surface area contributed by atoms with Crippen LogP contribution < -0.4 is 5.73 Å². The SMILES string of the molecule is CC(C)c1ccc2c3c(C(N)=O)cccc3n(Cc3cccc(C(F)(F)F)c3)c2c1. The fourth-order valence-corrected chi connectivity index (χ4v) is 3.92. The molecule has 0 radical (unpaired) electrons. The van der Waals surface area contributed by atoms with Crippen molar-refractivity contribution in [3.05, 3.63) is 82.9 Å². The lowest BCUT2D eigenvalue weighted by Crippen LogP contribution is -2.11. The molecule has 0 unspecified atom stereocenters. The minimum Gasteiger partial charge on any atom is -0.366 e. The summed E-state index contributed by atoms with van der Waals surface area (Å²) in [5.74, 6) is -0.253. The molecule has 0 aliphatic carbocycles. The van der Waals surface area contributed by atoms with Crippen molar-refractivity contribution in [2.45, 2.75) is 32.5 Å². The summed E-state index contributed by atoms with van der Waals surface area (Å²) in [7, 11) is 0. The van der Waals surface area contributed by atoms with Crippen LogP contribution in [0.15, 0.2) is 60.7 Å². The molecule has 0 aliphatic heterocycles. The molecule has 0 aliphatic rings. The zero-order valence-electron chi connectivity index (χ0n) is 16.6. The number of hydrogen-bond acceptors (Lipinski definition) is 1. The summed E-state index contributed by atoms with van der Waals surface area (Å²) >= 11 is 0. The van der Waals surface area contributed by atoms with E-state index in [1.807, 2.05) is 28.8 Å². The van der Waals surface area contributed by atoms with Gasteiger partial charge < -0.3 is 10.3 Å². The summed E-state index contributed by atoms with van der Waals surface area (Å²) < 4.78 is 41.5. The second-order valence-electron chi connectivity index (χ2n) is 7.78. The van der Waals surface area contributed by atoms with E-state index in [-0.39, 0.29) is 12.5 Å². The van der Waals surface area contributed by atoms with Crippen LogP contribution in [0.1, 0.15) is 46.8 Å². The predicted molar refractivity (Wildman–Crippen MR) is 113 cm³/mol. The van der Waals surface area contributed by atoms with Gasteiger partial charge in [-0.25, -0.2) is 0 Å². The van der Waals surface area contributed by atoms with Gasteiger partial charge in [-0.15, -0.1) is 0 Å². The molecule has 0 saturated heterocycles. The number of alkyl halides is 3. The first kappa shape index (κ1) is 20.0. The van der Waals surface area contributed by atoms with Gasteiger partial charge in [0.2, 0.25) is 5.91 Å². The summed E-state index contributed by atoms with van der Waals surface area (Å²) in [6.07, 6.45) is -4.40. The highest BCUT2D eigenvalue weighted by atomic mass is 19.4. The van der Waals surface area contributed by atoms with Crippen molar-refractivity contribution in [2.75, 3.05) is 0 Å². The molecule has 1 amide bonds. The number of amides is 1. The number of nitrogens with zero attached hydrogens (tertiary/aromatic N) is 1. The van der Waals surface area contributed by atoms with Crippen LogP contribution in [-0.2, 0) is 12.7 Å². The molecule has 4 rings (SSSR count). The van der Waals surface area contributed by atoms with E-state index in [0.717, 1.165) is 33.4 Å². The third-order valence-corrected chi connectivity index (χ3v) is 5.44. The molecule has 0 bridgehead atoms. The van der Waals surface area contributed by atoms with Crippen LogP contribution in [0.3, 0.4) is 0 Å². The van der Waals surface area contributed by atoms with Crippen LogP contribution >= 0.6 is 0 Å². The topological polar surface area (TPSA) is 48.0 Å². The van der Waals surface area contributed by atoms with E-state index in [4.69, 9.17) is 5.73 Å². The Bertz CT molecular complexity index is 1270. The van der Waals surface area contributed by atoms with Gasteiger partial charge in [0.1, 0.15) is 0 Å². The average Bonchev–Trinajstić information content (AvgIpc) is 3.00. The fraction of sp³-hybridized carbons (Fsp3) is 0.208. The van der Waals surface area contributed by atoms with E-state index in [9.17, 15) is 18.0 Å². The van der Waals surface area contributed by atoms with Crippen LogP contribution in [0.2, 0.25) is 0 Å². The van der Waals surface area contributed by atoms with Crippen molar-refractivity contribution in [1.29, 1.82) is 0 Å². The van der Waals surface area contributed by atoms with E-state index in [0.29, 0.717) is 11.1 Å². The Morgan fingerprint density at radius 3 is 2.40 bits per heavy atom. The van der Waals surface area contributed by atoms with Gasteiger partial charge in [-0.05, 0) is 47.4 Å². The molecule has 154 valence electrons. The average molecular weight is 410 g/mol. The van der Waals surface area contributed by atoms with Gasteiger partial charge in [0.15, 0.2) is 0 Å². The summed E-state index contributed by atoms with van der Waals surface area (Å²) in [5.41, 5.74) is 8.59. The van der Waals surface area contributed by atoms with Gasteiger partial charge in [-0.1, -0.05) is 44.2 Å². The van der Waals surface area contributed by atoms with Gasteiger partial charge in [0, 0.05) is 28.4 Å². The lowest BCUT2D eigenvalue weighted by Gasteiger charge is -2.12. The number of benzene rings is 3. The first-order chi connectivity index (χ1) is 14.2. The molecule has 2 N–H and O–H groups in total. The Kier molecular flexibility index (Phi) is 4.80. The fourth-order valence-electron chi connectivity index (χ4n) is 3.92. The Balaban J connectivity index is 1.99. The normalized spacial score (nSPS) is 12.2. The number of primary amides is 1. The molecule has 1 heterocycles. The molecule has 4 aromatic rings. The van der Waals surface area contributed by atoms with Gasteiger partial charge in [0.25, 0.3) is 0 Å². The van der Waals surface area contributed by atoms with Gasteiger partial charge in [0.05, 0.1) is 11.1 Å². The Hall–Kier alpha value is -3.28. The molecular formula is C24H21F3N2O. The van der Waals surface area contributed by atoms with Crippen molar-refractivity contribution < 1.29 is 18.0 Å². The van der Waals surface area contributed by atoms with Crippen LogP contribution in [0.25, 0.3) is 21.8 Å². The monoisotopic (exact) mass is 410 g/mol. The molecule has 0 fully saturated rings. The Morgan fingerprint density at radius 1 is 1.00 bits per heavy atom. The maximum absolute atomic E-state index is 13.2. The lowest BCUT2D eigenvalue weighted by molar-refractivity contribution is -0.137. The number of nitrogens with two attached hydrogens (primary N) is 1. The molecule has 0 saturated carbocycles. The minimum absolute atomic E-state index is 0.244. The van der Waals surface area contributed by atoms with E-state index in [1.165, 1.54) is 12.1 Å². The van der Waals surface area contributed by atoms with Crippen LogP contribution in [0.4, 0.5) is 13.2 Å². The van der Waals surface area contributed by atoms with E-state index in [2.05, 4.69) is 13.8 Å². The van der Waals surface area contributed by atoms with E-state index in [1.54, 1.807) is 18.2 Å².